The average Bonchev–Trinajstić information content (AvgIpc) is 1.66. The third-order valence-electron chi connectivity index (χ3n) is 1.79. The lowest BCUT2D eigenvalue weighted by molar-refractivity contribution is 0.159. The molecule has 0 spiro atoms. The molecule has 1 rings (SSSR count). The van der Waals surface area contributed by atoms with Gasteiger partial charge in [-0.05, 0) is 39.3 Å². The Morgan fingerprint density at radius 1 is 0.875 bits per heavy atom. The Morgan fingerprint density at radius 3 is 1.56 bits per heavy atom. The maximum absolute atomic E-state index is 9.86. The van der Waals surface area contributed by atoms with Crippen LogP contribution in [-0.2, 0) is 16.5 Å². The minimum atomic E-state index is -2.73. The Kier molecular flexibility index (Phi) is 3.78. The predicted octanol–water partition coefficient (Wildman–Crippen LogP) is 1.73. The zero-order chi connectivity index (χ0) is 12.8. The molecule has 9 heteroatoms. The van der Waals surface area contributed by atoms with Gasteiger partial charge in [-0.25, -0.2) is 0 Å². The molecule has 0 saturated carbocycles. The summed E-state index contributed by atoms with van der Waals surface area (Å²) in [5.74, 6) is 0. The summed E-state index contributed by atoms with van der Waals surface area (Å²) >= 11 is 0. The molecule has 0 aromatic heterocycles. The van der Waals surface area contributed by atoms with E-state index in [9.17, 15) is 4.80 Å². The van der Waals surface area contributed by atoms with Crippen LogP contribution in [0.1, 0.15) is 0 Å². The molecule has 0 atom stereocenters. The molecular weight excluding hydrogens is 276 g/mol. The molecule has 1 N–H and O–H groups in total. The highest BCUT2D eigenvalue weighted by Gasteiger charge is 2.56. The molecule has 0 aliphatic carbocycles. The van der Waals surface area contributed by atoms with Gasteiger partial charge in [0.2, 0.25) is 0 Å². The third kappa shape index (κ3) is 4.50. The van der Waals surface area contributed by atoms with Crippen LogP contribution < -0.4 is 0 Å². The summed E-state index contributed by atoms with van der Waals surface area (Å²) in [7, 11) is -9.73. The van der Waals surface area contributed by atoms with Gasteiger partial charge in [-0.2, -0.15) is 0 Å². The van der Waals surface area contributed by atoms with Gasteiger partial charge in [0.1, 0.15) is 0 Å². The van der Waals surface area contributed by atoms with Crippen molar-refractivity contribution in [1.29, 1.82) is 0 Å². The van der Waals surface area contributed by atoms with Crippen molar-refractivity contribution in [2.24, 2.45) is 0 Å². The van der Waals surface area contributed by atoms with Crippen LogP contribution in [0.4, 0.5) is 0 Å². The van der Waals surface area contributed by atoms with Crippen LogP contribution in [-0.4, -0.2) is 39.3 Å². The van der Waals surface area contributed by atoms with Crippen molar-refractivity contribution >= 4 is 34.5 Å². The molecule has 0 aromatic rings. The van der Waals surface area contributed by atoms with Crippen LogP contribution >= 0.6 is 0 Å². The fourth-order valence-electron chi connectivity index (χ4n) is 2.04. The van der Waals surface area contributed by atoms with Gasteiger partial charge >= 0.3 is 34.5 Å². The van der Waals surface area contributed by atoms with Gasteiger partial charge in [0.25, 0.3) is 0 Å². The van der Waals surface area contributed by atoms with Gasteiger partial charge in [-0.3, -0.25) is 0 Å². The van der Waals surface area contributed by atoms with Gasteiger partial charge in [0.05, 0.1) is 0 Å². The predicted molar refractivity (Wildman–Crippen MR) is 70.6 cm³/mol. The normalized spacial score (nSPS) is 27.8. The van der Waals surface area contributed by atoms with E-state index >= 15 is 0 Å². The monoisotopic (exact) mass is 298 g/mol. The highest BCUT2D eigenvalue weighted by atomic mass is 28.6. The Balaban J connectivity index is 2.88. The first-order chi connectivity index (χ1) is 6.83. The van der Waals surface area contributed by atoms with Crippen LogP contribution in [0, 0.1) is 0 Å². The zero-order valence-electron chi connectivity index (χ0n) is 11.1. The summed E-state index contributed by atoms with van der Waals surface area (Å²) in [5, 5.41) is 0. The number of hydrogen-bond acceptors (Lipinski definition) is 5. The lowest BCUT2D eigenvalue weighted by Crippen LogP contribution is -2.68. The zero-order valence-corrected chi connectivity index (χ0v) is 15.1. The maximum Gasteiger partial charge on any atom is 0.470 e. The Labute approximate surface area is 102 Å². The summed E-state index contributed by atoms with van der Waals surface area (Å²) < 4.78 is 23.4. The first-order valence-electron chi connectivity index (χ1n) is 5.36. The van der Waals surface area contributed by atoms with E-state index in [1.807, 2.05) is 32.7 Å². The van der Waals surface area contributed by atoms with E-state index in [2.05, 4.69) is 0 Å². The molecule has 1 aliphatic heterocycles. The van der Waals surface area contributed by atoms with Crippen LogP contribution in [0.3, 0.4) is 0 Å². The van der Waals surface area contributed by atoms with Crippen molar-refractivity contribution < 1.29 is 21.3 Å². The highest BCUT2D eigenvalue weighted by Crippen LogP contribution is 2.32. The van der Waals surface area contributed by atoms with Gasteiger partial charge in [0.15, 0.2) is 0 Å². The van der Waals surface area contributed by atoms with Crippen molar-refractivity contribution in [3.63, 3.8) is 0 Å². The maximum atomic E-state index is 9.86. The summed E-state index contributed by atoms with van der Waals surface area (Å²) in [6.45, 7) is 13.3. The van der Waals surface area contributed by atoms with Gasteiger partial charge in [0, 0.05) is 6.55 Å². The smallest absolute Gasteiger partial charge is 0.416 e. The molecule has 1 fully saturated rings. The molecule has 96 valence electrons. The Bertz CT molecular complexity index is 253. The minimum absolute atomic E-state index is 1.72. The fourth-order valence-corrected chi connectivity index (χ4v) is 20.3. The van der Waals surface area contributed by atoms with Crippen molar-refractivity contribution in [2.75, 3.05) is 0 Å². The minimum Gasteiger partial charge on any atom is -0.416 e. The number of hydrogen-bond donors (Lipinski definition) is 1. The van der Waals surface area contributed by atoms with E-state index in [1.165, 1.54) is 0 Å². The summed E-state index contributed by atoms with van der Waals surface area (Å²) in [5.41, 5.74) is 0. The quantitative estimate of drug-likeness (QED) is 0.787. The second-order valence-electron chi connectivity index (χ2n) is 5.52. The van der Waals surface area contributed by atoms with Crippen LogP contribution in [0.2, 0.25) is 45.8 Å². The summed E-state index contributed by atoms with van der Waals surface area (Å²) in [6.07, 6.45) is 0. The largest absolute Gasteiger partial charge is 0.470 e. The molecule has 1 aliphatic rings. The van der Waals surface area contributed by atoms with E-state index < -0.39 is 34.5 Å². The van der Waals surface area contributed by atoms with E-state index in [0.717, 1.165) is 0 Å². The standard InChI is InChI=1S/C7H22O5Si4/c1-13(2,8)9-16(7)11-14(3,4)10-15(5,6)12-16/h8H,1-7H3. The Morgan fingerprint density at radius 2 is 1.25 bits per heavy atom. The summed E-state index contributed by atoms with van der Waals surface area (Å²) in [4.78, 5) is 9.86. The third-order valence-corrected chi connectivity index (χ3v) is 16.1. The molecule has 1 saturated heterocycles. The second-order valence-corrected chi connectivity index (χ2v) is 19.0. The van der Waals surface area contributed by atoms with Crippen molar-refractivity contribution in [2.45, 2.75) is 45.8 Å². The van der Waals surface area contributed by atoms with E-state index in [4.69, 9.17) is 16.5 Å². The lowest BCUT2D eigenvalue weighted by Gasteiger charge is -2.47. The molecule has 5 nitrogen and oxygen atoms in total. The van der Waals surface area contributed by atoms with Gasteiger partial charge in [-0.1, -0.05) is 0 Å². The first-order valence-corrected chi connectivity index (χ1v) is 16.1. The summed E-state index contributed by atoms with van der Waals surface area (Å²) in [6, 6.07) is 0. The van der Waals surface area contributed by atoms with Crippen LogP contribution in [0.5, 0.6) is 0 Å². The lowest BCUT2D eigenvalue weighted by atomic mass is 11.9. The van der Waals surface area contributed by atoms with Gasteiger partial charge in [-0.15, -0.1) is 0 Å². The molecule has 0 unspecified atom stereocenters. The second kappa shape index (κ2) is 4.10. The number of rotatable bonds is 2. The highest BCUT2D eigenvalue weighted by molar-refractivity contribution is 6.93. The van der Waals surface area contributed by atoms with Gasteiger partial charge < -0.3 is 21.3 Å². The SMILES string of the molecule is C[Si](C)(O)O[Si]1(C)O[Si](C)(C)O[Si](C)(C)O1. The first kappa shape index (κ1) is 14.7. The molecule has 1 heterocycles. The molecule has 0 aromatic carbocycles. The molecule has 0 amide bonds. The van der Waals surface area contributed by atoms with Crippen molar-refractivity contribution in [1.82, 2.24) is 0 Å². The average molecular weight is 299 g/mol. The fraction of sp³-hybridized carbons (Fsp3) is 1.00. The Hall–Kier alpha value is 0.668. The van der Waals surface area contributed by atoms with E-state index in [0.29, 0.717) is 0 Å². The molecule has 0 bridgehead atoms. The van der Waals surface area contributed by atoms with Crippen LogP contribution in [0.15, 0.2) is 0 Å². The molecule has 16 heavy (non-hydrogen) atoms. The molecular formula is C7H22O5Si4. The van der Waals surface area contributed by atoms with E-state index in [-0.39, 0.29) is 0 Å². The topological polar surface area (TPSA) is 57.2 Å². The van der Waals surface area contributed by atoms with Crippen LogP contribution in [0.25, 0.3) is 0 Å². The van der Waals surface area contributed by atoms with Crippen molar-refractivity contribution in [3.05, 3.63) is 0 Å². The van der Waals surface area contributed by atoms with Crippen molar-refractivity contribution in [3.8, 4) is 0 Å². The van der Waals surface area contributed by atoms with E-state index in [1.54, 1.807) is 13.1 Å². The molecule has 0 radical (unpaired) electrons.